The Morgan fingerprint density at radius 1 is 0.893 bits per heavy atom. The molecule has 0 atom stereocenters. The summed E-state index contributed by atoms with van der Waals surface area (Å²) in [6.07, 6.45) is 9.19. The van der Waals surface area contributed by atoms with Crippen molar-refractivity contribution in [1.29, 1.82) is 0 Å². The predicted molar refractivity (Wildman–Crippen MR) is 116 cm³/mol. The fourth-order valence-electron chi connectivity index (χ4n) is 4.35. The molecule has 3 aromatic rings. The van der Waals surface area contributed by atoms with E-state index in [0.717, 1.165) is 25.4 Å². The van der Waals surface area contributed by atoms with Crippen LogP contribution in [0.2, 0.25) is 0 Å². The van der Waals surface area contributed by atoms with Gasteiger partial charge in [-0.25, -0.2) is 4.98 Å². The highest BCUT2D eigenvalue weighted by atomic mass is 32.1. The number of ether oxygens (including phenoxy) is 1. The van der Waals surface area contributed by atoms with E-state index in [1.54, 1.807) is 0 Å². The molecule has 3 heteroatoms. The van der Waals surface area contributed by atoms with Crippen molar-refractivity contribution in [3.63, 3.8) is 0 Å². The molecule has 2 saturated carbocycles. The normalized spacial score (nSPS) is 24.9. The fraction of sp³-hybridized carbons (Fsp3) is 0.400. The molecule has 0 unspecified atom stereocenters. The van der Waals surface area contributed by atoms with Crippen LogP contribution in [-0.2, 0) is 10.3 Å². The van der Waals surface area contributed by atoms with Crippen LogP contribution in [0.25, 0.3) is 10.4 Å². The second kappa shape index (κ2) is 7.81. The molecular weight excluding hydrogens is 362 g/mol. The molecule has 0 aliphatic heterocycles. The topological polar surface area (TPSA) is 22.1 Å². The molecule has 1 heterocycles. The van der Waals surface area contributed by atoms with E-state index >= 15 is 0 Å². The molecule has 2 aliphatic rings. The van der Waals surface area contributed by atoms with Crippen LogP contribution < -0.4 is 0 Å². The molecular formula is C25H27NOS. The average molecular weight is 390 g/mol. The van der Waals surface area contributed by atoms with Gasteiger partial charge in [-0.15, -0.1) is 11.3 Å². The molecule has 0 amide bonds. The van der Waals surface area contributed by atoms with Gasteiger partial charge in [-0.3, -0.25) is 0 Å². The zero-order valence-electron chi connectivity index (χ0n) is 16.2. The van der Waals surface area contributed by atoms with Gasteiger partial charge >= 0.3 is 0 Å². The number of benzene rings is 2. The quantitative estimate of drug-likeness (QED) is 0.463. The minimum absolute atomic E-state index is 0.189. The van der Waals surface area contributed by atoms with Gasteiger partial charge in [-0.1, -0.05) is 60.7 Å². The number of aromatic nitrogens is 1. The van der Waals surface area contributed by atoms with Crippen LogP contribution in [-0.4, -0.2) is 11.6 Å². The first-order valence-electron chi connectivity index (χ1n) is 10.5. The zero-order chi connectivity index (χ0) is 18.8. The second-order valence-corrected chi connectivity index (χ2v) is 9.36. The van der Waals surface area contributed by atoms with Gasteiger partial charge in [-0.2, -0.15) is 0 Å². The lowest BCUT2D eigenvalue weighted by molar-refractivity contribution is -0.0834. The van der Waals surface area contributed by atoms with E-state index in [2.05, 4.69) is 60.7 Å². The van der Waals surface area contributed by atoms with Gasteiger partial charge < -0.3 is 4.74 Å². The largest absolute Gasteiger partial charge is 0.368 e. The number of nitrogens with zero attached hydrogens (tertiary/aromatic N) is 1. The number of thiazole rings is 1. The molecule has 0 saturated heterocycles. The Kier molecular flexibility index (Phi) is 5.04. The van der Waals surface area contributed by atoms with Gasteiger partial charge in [-0.05, 0) is 61.5 Å². The molecule has 1 aromatic heterocycles. The van der Waals surface area contributed by atoms with Crippen molar-refractivity contribution in [3.05, 3.63) is 77.4 Å². The summed E-state index contributed by atoms with van der Waals surface area (Å²) in [4.78, 5) is 6.12. The lowest BCUT2D eigenvalue weighted by Gasteiger charge is -2.39. The van der Waals surface area contributed by atoms with Gasteiger partial charge in [0.15, 0.2) is 0 Å². The van der Waals surface area contributed by atoms with Crippen molar-refractivity contribution < 1.29 is 4.74 Å². The Hall–Kier alpha value is -1.97. The van der Waals surface area contributed by atoms with Gasteiger partial charge in [0.1, 0.15) is 10.6 Å². The number of rotatable bonds is 6. The van der Waals surface area contributed by atoms with Crippen molar-refractivity contribution in [2.24, 2.45) is 5.92 Å². The summed E-state index contributed by atoms with van der Waals surface area (Å²) in [5, 5.41) is 1.18. The maximum absolute atomic E-state index is 6.66. The Morgan fingerprint density at radius 3 is 2.25 bits per heavy atom. The summed E-state index contributed by atoms with van der Waals surface area (Å²) in [6, 6.07) is 21.6. The molecule has 144 valence electrons. The summed E-state index contributed by atoms with van der Waals surface area (Å²) in [5.41, 5.74) is 2.54. The molecule has 0 bridgehead atoms. The Balaban J connectivity index is 1.38. The molecule has 2 fully saturated rings. The highest BCUT2D eigenvalue weighted by Gasteiger charge is 2.42. The maximum Gasteiger partial charge on any atom is 0.125 e. The molecule has 2 aliphatic carbocycles. The maximum atomic E-state index is 6.66. The molecule has 0 radical (unpaired) electrons. The first-order valence-corrected chi connectivity index (χ1v) is 11.3. The molecule has 0 spiro atoms. The Bertz CT molecular complexity index is 893. The SMILES string of the molecule is c1ccc(-c2cnc(C3(OCC4CC4)CCC(c4ccccc4)CC3)s2)cc1. The minimum Gasteiger partial charge on any atom is -0.368 e. The highest BCUT2D eigenvalue weighted by molar-refractivity contribution is 7.15. The van der Waals surface area contributed by atoms with Crippen LogP contribution in [0, 0.1) is 5.92 Å². The third-order valence-corrected chi connectivity index (χ3v) is 7.54. The number of hydrogen-bond donors (Lipinski definition) is 0. The molecule has 2 nitrogen and oxygen atoms in total. The highest BCUT2D eigenvalue weighted by Crippen LogP contribution is 2.48. The lowest BCUT2D eigenvalue weighted by Crippen LogP contribution is -2.35. The van der Waals surface area contributed by atoms with Crippen LogP contribution in [0.1, 0.15) is 55.0 Å². The van der Waals surface area contributed by atoms with Gasteiger partial charge in [0.05, 0.1) is 11.5 Å². The third kappa shape index (κ3) is 3.78. The zero-order valence-corrected chi connectivity index (χ0v) is 17.0. The monoisotopic (exact) mass is 389 g/mol. The van der Waals surface area contributed by atoms with Gasteiger partial charge in [0.25, 0.3) is 0 Å². The summed E-state index contributed by atoms with van der Waals surface area (Å²) < 4.78 is 6.66. The lowest BCUT2D eigenvalue weighted by atomic mass is 9.76. The summed E-state index contributed by atoms with van der Waals surface area (Å²) >= 11 is 1.82. The van der Waals surface area contributed by atoms with Crippen LogP contribution in [0.5, 0.6) is 0 Å². The Morgan fingerprint density at radius 2 is 1.57 bits per heavy atom. The van der Waals surface area contributed by atoms with Crippen LogP contribution in [0.4, 0.5) is 0 Å². The summed E-state index contributed by atoms with van der Waals surface area (Å²) in [5.74, 6) is 1.42. The van der Waals surface area contributed by atoms with Gasteiger partial charge in [0, 0.05) is 6.20 Å². The molecule has 0 N–H and O–H groups in total. The summed E-state index contributed by atoms with van der Waals surface area (Å²) in [7, 11) is 0. The van der Waals surface area contributed by atoms with Crippen molar-refractivity contribution in [3.8, 4) is 10.4 Å². The summed E-state index contributed by atoms with van der Waals surface area (Å²) in [6.45, 7) is 0.899. The standard InChI is InChI=1S/C25H27NOS/c1-3-7-20(8-4-1)21-13-15-25(16-14-21,27-18-19-11-12-19)24-26-17-23(28-24)22-9-5-2-6-10-22/h1-10,17,19,21H,11-16,18H2. The van der Waals surface area contributed by atoms with E-state index < -0.39 is 0 Å². The van der Waals surface area contributed by atoms with Gasteiger partial charge in [0.2, 0.25) is 0 Å². The van der Waals surface area contributed by atoms with E-state index in [-0.39, 0.29) is 5.60 Å². The number of hydrogen-bond acceptors (Lipinski definition) is 3. The minimum atomic E-state index is -0.189. The van der Waals surface area contributed by atoms with E-state index in [1.807, 2.05) is 17.5 Å². The van der Waals surface area contributed by atoms with Crippen LogP contribution >= 0.6 is 11.3 Å². The Labute approximate surface area is 171 Å². The first kappa shape index (κ1) is 18.1. The van der Waals surface area contributed by atoms with E-state index in [1.165, 1.54) is 46.7 Å². The third-order valence-electron chi connectivity index (χ3n) is 6.31. The second-order valence-electron chi connectivity index (χ2n) is 8.33. The fourth-order valence-corrected chi connectivity index (χ4v) is 5.47. The van der Waals surface area contributed by atoms with Crippen LogP contribution in [0.15, 0.2) is 66.9 Å². The molecule has 2 aromatic carbocycles. The average Bonchev–Trinajstić information content (AvgIpc) is 3.47. The van der Waals surface area contributed by atoms with E-state index in [9.17, 15) is 0 Å². The molecule has 5 rings (SSSR count). The predicted octanol–water partition coefficient (Wildman–Crippen LogP) is 6.79. The van der Waals surface area contributed by atoms with Crippen molar-refractivity contribution >= 4 is 11.3 Å². The van der Waals surface area contributed by atoms with E-state index in [0.29, 0.717) is 5.92 Å². The first-order chi connectivity index (χ1) is 13.8. The van der Waals surface area contributed by atoms with Crippen molar-refractivity contribution in [1.82, 2.24) is 4.98 Å². The van der Waals surface area contributed by atoms with Crippen molar-refractivity contribution in [2.45, 2.75) is 50.0 Å². The van der Waals surface area contributed by atoms with Crippen LogP contribution in [0.3, 0.4) is 0 Å². The van der Waals surface area contributed by atoms with E-state index in [4.69, 9.17) is 9.72 Å². The molecule has 28 heavy (non-hydrogen) atoms. The van der Waals surface area contributed by atoms with Crippen molar-refractivity contribution in [2.75, 3.05) is 6.61 Å². The smallest absolute Gasteiger partial charge is 0.125 e.